The maximum Gasteiger partial charge on any atom is 0.247 e. The van der Waals surface area contributed by atoms with Gasteiger partial charge < -0.3 is 5.11 Å². The van der Waals surface area contributed by atoms with Gasteiger partial charge in [0, 0.05) is 12.1 Å². The van der Waals surface area contributed by atoms with Crippen molar-refractivity contribution in [1.29, 1.82) is 0 Å². The molecule has 7 heteroatoms. The summed E-state index contributed by atoms with van der Waals surface area (Å²) in [5.41, 5.74) is -0.0399. The molecular formula is C12H21N3O3S. The summed E-state index contributed by atoms with van der Waals surface area (Å²) in [6, 6.07) is 0. The van der Waals surface area contributed by atoms with Crippen molar-refractivity contribution in [3.63, 3.8) is 0 Å². The molecule has 0 amide bonds. The molecule has 2 N–H and O–H groups in total. The molecule has 0 bridgehead atoms. The number of aryl methyl sites for hydroxylation is 1. The van der Waals surface area contributed by atoms with E-state index in [2.05, 4.69) is 16.8 Å². The monoisotopic (exact) mass is 287 g/mol. The lowest BCUT2D eigenvalue weighted by atomic mass is 10.1. The number of aliphatic hydroxyl groups is 1. The molecule has 1 rings (SSSR count). The molecule has 1 aromatic rings. The first-order valence-corrected chi connectivity index (χ1v) is 7.38. The Bertz CT molecular complexity index is 555. The summed E-state index contributed by atoms with van der Waals surface area (Å²) < 4.78 is 26.8. The Morgan fingerprint density at radius 1 is 1.47 bits per heavy atom. The van der Waals surface area contributed by atoms with E-state index >= 15 is 0 Å². The Morgan fingerprint density at radius 2 is 2.05 bits per heavy atom. The second-order valence-corrected chi connectivity index (χ2v) is 7.08. The highest BCUT2D eigenvalue weighted by Crippen LogP contribution is 2.27. The minimum Gasteiger partial charge on any atom is -0.390 e. The fraction of sp³-hybridized carbons (Fsp3) is 0.583. The Balaban J connectivity index is 3.43. The molecule has 0 fully saturated rings. The standard InChI is InChI=1S/C12H21N3O3S/c1-6-7-15(12(3,4)5)19(17,18)11-9(2)13-14-10(11)8-16/h6,16H,1,7-8H2,2-5H3,(H,13,14). The number of aromatic nitrogens is 2. The van der Waals surface area contributed by atoms with E-state index in [0.29, 0.717) is 5.69 Å². The SMILES string of the molecule is C=CCN(C(C)(C)C)S(=O)(=O)c1c(CO)n[nH]c1C. The van der Waals surface area contributed by atoms with E-state index in [9.17, 15) is 13.5 Å². The largest absolute Gasteiger partial charge is 0.390 e. The van der Waals surface area contributed by atoms with E-state index in [1.165, 1.54) is 10.4 Å². The van der Waals surface area contributed by atoms with E-state index in [4.69, 9.17) is 0 Å². The molecule has 0 aliphatic heterocycles. The highest BCUT2D eigenvalue weighted by molar-refractivity contribution is 7.89. The fourth-order valence-corrected chi connectivity index (χ4v) is 3.96. The molecule has 1 aromatic heterocycles. The summed E-state index contributed by atoms with van der Waals surface area (Å²) in [6.45, 7) is 10.4. The summed E-state index contributed by atoms with van der Waals surface area (Å²) in [4.78, 5) is 0.0479. The van der Waals surface area contributed by atoms with Gasteiger partial charge in [0.1, 0.15) is 10.6 Å². The number of aromatic amines is 1. The van der Waals surface area contributed by atoms with E-state index in [1.807, 2.05) is 20.8 Å². The van der Waals surface area contributed by atoms with E-state index in [0.717, 1.165) is 0 Å². The summed E-state index contributed by atoms with van der Waals surface area (Å²) in [5, 5.41) is 15.6. The van der Waals surface area contributed by atoms with Crippen LogP contribution in [-0.2, 0) is 16.6 Å². The van der Waals surface area contributed by atoms with Crippen molar-refractivity contribution in [1.82, 2.24) is 14.5 Å². The normalized spacial score (nSPS) is 12.9. The zero-order valence-corrected chi connectivity index (χ0v) is 12.6. The first-order chi connectivity index (χ1) is 8.66. The molecule has 0 atom stereocenters. The third-order valence-corrected chi connectivity index (χ3v) is 5.04. The van der Waals surface area contributed by atoms with Crippen LogP contribution in [0.15, 0.2) is 17.6 Å². The number of nitrogens with zero attached hydrogens (tertiary/aromatic N) is 2. The summed E-state index contributed by atoms with van der Waals surface area (Å²) in [6.07, 6.45) is 1.54. The van der Waals surface area contributed by atoms with Crippen molar-refractivity contribution < 1.29 is 13.5 Å². The third-order valence-electron chi connectivity index (χ3n) is 2.70. The number of H-pyrrole nitrogens is 1. The first-order valence-electron chi connectivity index (χ1n) is 5.94. The topological polar surface area (TPSA) is 86.3 Å². The van der Waals surface area contributed by atoms with Crippen molar-refractivity contribution in [3.05, 3.63) is 24.0 Å². The predicted molar refractivity (Wildman–Crippen MR) is 73.1 cm³/mol. The minimum atomic E-state index is -3.74. The maximum absolute atomic E-state index is 12.7. The number of hydrogen-bond acceptors (Lipinski definition) is 4. The van der Waals surface area contributed by atoms with Gasteiger partial charge in [-0.3, -0.25) is 5.10 Å². The zero-order valence-electron chi connectivity index (χ0n) is 11.8. The summed E-state index contributed by atoms with van der Waals surface area (Å²) >= 11 is 0. The molecule has 6 nitrogen and oxygen atoms in total. The molecule has 0 aliphatic carbocycles. The molecule has 0 radical (unpaired) electrons. The van der Waals surface area contributed by atoms with Crippen LogP contribution in [-0.4, -0.2) is 40.1 Å². The molecule has 1 heterocycles. The Hall–Kier alpha value is -1.18. The van der Waals surface area contributed by atoms with Crippen LogP contribution in [0.3, 0.4) is 0 Å². The van der Waals surface area contributed by atoms with Crippen LogP contribution < -0.4 is 0 Å². The van der Waals surface area contributed by atoms with Crippen molar-refractivity contribution in [2.24, 2.45) is 0 Å². The van der Waals surface area contributed by atoms with Gasteiger partial charge in [-0.2, -0.15) is 9.40 Å². The highest BCUT2D eigenvalue weighted by atomic mass is 32.2. The Kier molecular flexibility index (Phi) is 4.54. The smallest absolute Gasteiger partial charge is 0.247 e. The second-order valence-electron chi connectivity index (χ2n) is 5.28. The van der Waals surface area contributed by atoms with Crippen LogP contribution in [0, 0.1) is 6.92 Å². The lowest BCUT2D eigenvalue weighted by molar-refractivity contribution is 0.262. The molecule has 0 saturated carbocycles. The van der Waals surface area contributed by atoms with Gasteiger partial charge in [-0.15, -0.1) is 6.58 Å². The van der Waals surface area contributed by atoms with Crippen molar-refractivity contribution in [2.45, 2.75) is 44.7 Å². The average Bonchev–Trinajstić information content (AvgIpc) is 2.66. The molecule has 0 aromatic carbocycles. The van der Waals surface area contributed by atoms with Crippen LogP contribution in [0.25, 0.3) is 0 Å². The van der Waals surface area contributed by atoms with Crippen LogP contribution in [0.1, 0.15) is 32.2 Å². The van der Waals surface area contributed by atoms with Gasteiger partial charge in [0.05, 0.1) is 12.3 Å². The van der Waals surface area contributed by atoms with Gasteiger partial charge in [0.15, 0.2) is 0 Å². The predicted octanol–water partition coefficient (Wildman–Crippen LogP) is 1.19. The van der Waals surface area contributed by atoms with E-state index in [1.54, 1.807) is 6.92 Å². The lowest BCUT2D eigenvalue weighted by Gasteiger charge is -2.33. The van der Waals surface area contributed by atoms with Crippen LogP contribution in [0.4, 0.5) is 0 Å². The van der Waals surface area contributed by atoms with Gasteiger partial charge in [-0.05, 0) is 27.7 Å². The second kappa shape index (κ2) is 5.44. The molecule has 108 valence electrons. The summed E-state index contributed by atoms with van der Waals surface area (Å²) in [5.74, 6) is 0. The molecular weight excluding hydrogens is 266 g/mol. The van der Waals surface area contributed by atoms with Crippen LogP contribution in [0.5, 0.6) is 0 Å². The number of nitrogens with one attached hydrogen (secondary N) is 1. The van der Waals surface area contributed by atoms with Gasteiger partial charge in [-0.25, -0.2) is 8.42 Å². The maximum atomic E-state index is 12.7. The molecule has 0 saturated heterocycles. The number of aliphatic hydroxyl groups excluding tert-OH is 1. The number of sulfonamides is 1. The molecule has 0 unspecified atom stereocenters. The van der Waals surface area contributed by atoms with Crippen LogP contribution >= 0.6 is 0 Å². The Labute approximate surface area is 114 Å². The van der Waals surface area contributed by atoms with Crippen molar-refractivity contribution in [2.75, 3.05) is 6.54 Å². The highest BCUT2D eigenvalue weighted by Gasteiger charge is 2.36. The molecule has 19 heavy (non-hydrogen) atoms. The van der Waals surface area contributed by atoms with E-state index < -0.39 is 22.2 Å². The van der Waals surface area contributed by atoms with E-state index in [-0.39, 0.29) is 17.1 Å². The fourth-order valence-electron chi connectivity index (χ4n) is 1.88. The van der Waals surface area contributed by atoms with Gasteiger partial charge >= 0.3 is 0 Å². The quantitative estimate of drug-likeness (QED) is 0.796. The molecule has 0 aliphatic rings. The number of rotatable bonds is 5. The van der Waals surface area contributed by atoms with Crippen molar-refractivity contribution >= 4 is 10.0 Å². The lowest BCUT2D eigenvalue weighted by Crippen LogP contribution is -2.45. The first kappa shape index (κ1) is 15.9. The van der Waals surface area contributed by atoms with Gasteiger partial charge in [0.2, 0.25) is 10.0 Å². The van der Waals surface area contributed by atoms with Gasteiger partial charge in [0.25, 0.3) is 0 Å². The van der Waals surface area contributed by atoms with Crippen molar-refractivity contribution in [3.8, 4) is 0 Å². The minimum absolute atomic E-state index is 0.0479. The van der Waals surface area contributed by atoms with Gasteiger partial charge in [-0.1, -0.05) is 6.08 Å². The summed E-state index contributed by atoms with van der Waals surface area (Å²) in [7, 11) is -3.74. The Morgan fingerprint density at radius 3 is 2.47 bits per heavy atom. The third kappa shape index (κ3) is 3.05. The molecule has 0 spiro atoms. The van der Waals surface area contributed by atoms with Crippen LogP contribution in [0.2, 0.25) is 0 Å². The zero-order chi connectivity index (χ0) is 14.8. The average molecular weight is 287 g/mol. The number of hydrogen-bond donors (Lipinski definition) is 2.